The summed E-state index contributed by atoms with van der Waals surface area (Å²) in [5.41, 5.74) is 7.12. The summed E-state index contributed by atoms with van der Waals surface area (Å²) >= 11 is 12.0. The molecule has 2 aliphatic rings. The standard InChI is InChI=1S/C15H15Cl2N3O/c16-10-4-3-9(6-11(10)17)14-19-15(21-20-14)12-7-1-2-8(5-7)13(12)18/h3-4,6-8,12-13H,1-2,5,18H2. The van der Waals surface area contributed by atoms with Crippen LogP contribution >= 0.6 is 23.2 Å². The lowest BCUT2D eigenvalue weighted by atomic mass is 9.85. The van der Waals surface area contributed by atoms with E-state index in [2.05, 4.69) is 10.1 Å². The molecular weight excluding hydrogens is 309 g/mol. The molecular formula is C15H15Cl2N3O. The molecule has 2 bridgehead atoms. The van der Waals surface area contributed by atoms with E-state index in [9.17, 15) is 0 Å². The molecule has 2 aromatic rings. The van der Waals surface area contributed by atoms with E-state index < -0.39 is 0 Å². The SMILES string of the molecule is NC1C2CCC(C2)C1c1nc(-c2ccc(Cl)c(Cl)c2)no1. The van der Waals surface area contributed by atoms with Crippen molar-refractivity contribution in [1.29, 1.82) is 0 Å². The van der Waals surface area contributed by atoms with Crippen LogP contribution in [0, 0.1) is 11.8 Å². The molecule has 4 rings (SSSR count). The normalized spacial score (nSPS) is 31.0. The summed E-state index contributed by atoms with van der Waals surface area (Å²) in [6.45, 7) is 0. The number of nitrogens with zero attached hydrogens (tertiary/aromatic N) is 2. The Bertz CT molecular complexity index is 685. The summed E-state index contributed by atoms with van der Waals surface area (Å²) in [6, 6.07) is 5.47. The number of benzene rings is 1. The van der Waals surface area contributed by atoms with Crippen molar-refractivity contribution in [3.63, 3.8) is 0 Å². The molecule has 6 heteroatoms. The van der Waals surface area contributed by atoms with E-state index in [-0.39, 0.29) is 12.0 Å². The number of aromatic nitrogens is 2. The molecule has 2 fully saturated rings. The quantitative estimate of drug-likeness (QED) is 0.910. The van der Waals surface area contributed by atoms with E-state index >= 15 is 0 Å². The number of fused-ring (bicyclic) bond motifs is 2. The fraction of sp³-hybridized carbons (Fsp3) is 0.467. The first-order chi connectivity index (χ1) is 10.1. The van der Waals surface area contributed by atoms with Gasteiger partial charge in [-0.15, -0.1) is 0 Å². The molecule has 2 N–H and O–H groups in total. The van der Waals surface area contributed by atoms with E-state index in [0.717, 1.165) is 5.56 Å². The molecule has 1 heterocycles. The Labute approximate surface area is 132 Å². The van der Waals surface area contributed by atoms with Crippen LogP contribution in [-0.2, 0) is 0 Å². The van der Waals surface area contributed by atoms with Crippen LogP contribution < -0.4 is 5.73 Å². The number of nitrogens with two attached hydrogens (primary N) is 1. The van der Waals surface area contributed by atoms with Crippen LogP contribution in [0.4, 0.5) is 0 Å². The molecule has 1 aromatic heterocycles. The van der Waals surface area contributed by atoms with Gasteiger partial charge < -0.3 is 10.3 Å². The zero-order chi connectivity index (χ0) is 14.6. The van der Waals surface area contributed by atoms with Crippen molar-refractivity contribution < 1.29 is 4.52 Å². The first-order valence-electron chi connectivity index (χ1n) is 7.18. The minimum atomic E-state index is 0.144. The average molecular weight is 324 g/mol. The Balaban J connectivity index is 1.65. The van der Waals surface area contributed by atoms with Gasteiger partial charge >= 0.3 is 0 Å². The minimum absolute atomic E-state index is 0.144. The topological polar surface area (TPSA) is 64.9 Å². The van der Waals surface area contributed by atoms with Gasteiger partial charge in [0.2, 0.25) is 11.7 Å². The van der Waals surface area contributed by atoms with Gasteiger partial charge in [0.1, 0.15) is 0 Å². The lowest BCUT2D eigenvalue weighted by molar-refractivity contribution is 0.279. The van der Waals surface area contributed by atoms with Gasteiger partial charge in [-0.25, -0.2) is 0 Å². The molecule has 0 radical (unpaired) electrons. The van der Waals surface area contributed by atoms with Gasteiger partial charge in [0, 0.05) is 11.6 Å². The smallest absolute Gasteiger partial charge is 0.231 e. The predicted molar refractivity (Wildman–Crippen MR) is 81.3 cm³/mol. The van der Waals surface area contributed by atoms with Gasteiger partial charge in [-0.2, -0.15) is 4.98 Å². The molecule has 0 saturated heterocycles. The van der Waals surface area contributed by atoms with Gasteiger partial charge in [-0.05, 0) is 49.3 Å². The van der Waals surface area contributed by atoms with E-state index in [0.29, 0.717) is 33.6 Å². The van der Waals surface area contributed by atoms with Crippen LogP contribution in [0.2, 0.25) is 10.0 Å². The highest BCUT2D eigenvalue weighted by Crippen LogP contribution is 2.51. The number of rotatable bonds is 2. The van der Waals surface area contributed by atoms with Crippen molar-refractivity contribution in [1.82, 2.24) is 10.1 Å². The number of hydrogen-bond donors (Lipinski definition) is 1. The summed E-state index contributed by atoms with van der Waals surface area (Å²) in [5, 5.41) is 5.07. The molecule has 0 amide bonds. The first kappa shape index (κ1) is 13.6. The second-order valence-corrected chi connectivity index (χ2v) is 6.84. The molecule has 21 heavy (non-hydrogen) atoms. The van der Waals surface area contributed by atoms with Gasteiger partial charge in [-0.3, -0.25) is 0 Å². The lowest BCUT2D eigenvalue weighted by Gasteiger charge is -2.24. The van der Waals surface area contributed by atoms with Crippen molar-refractivity contribution in [2.75, 3.05) is 0 Å². The summed E-state index contributed by atoms with van der Waals surface area (Å²) in [5.74, 6) is 2.61. The molecule has 4 nitrogen and oxygen atoms in total. The van der Waals surface area contributed by atoms with Crippen LogP contribution in [0.15, 0.2) is 22.7 Å². The Morgan fingerprint density at radius 3 is 2.67 bits per heavy atom. The number of halogens is 2. The van der Waals surface area contributed by atoms with Crippen LogP contribution in [0.1, 0.15) is 31.1 Å². The molecule has 0 spiro atoms. The van der Waals surface area contributed by atoms with Crippen molar-refractivity contribution in [3.05, 3.63) is 34.1 Å². The zero-order valence-electron chi connectivity index (χ0n) is 11.3. The van der Waals surface area contributed by atoms with Crippen molar-refractivity contribution >= 4 is 23.2 Å². The van der Waals surface area contributed by atoms with Crippen LogP contribution in [0.5, 0.6) is 0 Å². The summed E-state index contributed by atoms with van der Waals surface area (Å²) < 4.78 is 5.48. The highest BCUT2D eigenvalue weighted by atomic mass is 35.5. The molecule has 4 atom stereocenters. The van der Waals surface area contributed by atoms with Crippen LogP contribution in [-0.4, -0.2) is 16.2 Å². The Morgan fingerprint density at radius 1 is 1.14 bits per heavy atom. The first-order valence-corrected chi connectivity index (χ1v) is 7.93. The molecule has 1 aromatic carbocycles. The van der Waals surface area contributed by atoms with Crippen LogP contribution in [0.25, 0.3) is 11.4 Å². The maximum atomic E-state index is 6.32. The summed E-state index contributed by atoms with van der Waals surface area (Å²) in [6.07, 6.45) is 3.64. The average Bonchev–Trinajstić information content (AvgIpc) is 3.16. The maximum absolute atomic E-state index is 6.32. The van der Waals surface area contributed by atoms with Crippen molar-refractivity contribution in [3.8, 4) is 11.4 Å². The van der Waals surface area contributed by atoms with E-state index in [1.807, 2.05) is 6.07 Å². The second kappa shape index (κ2) is 4.97. The number of hydrogen-bond acceptors (Lipinski definition) is 4. The van der Waals surface area contributed by atoms with Gasteiger partial charge in [0.15, 0.2) is 0 Å². The van der Waals surface area contributed by atoms with Gasteiger partial charge in [0.25, 0.3) is 0 Å². The fourth-order valence-corrected chi connectivity index (χ4v) is 4.12. The van der Waals surface area contributed by atoms with Gasteiger partial charge in [-0.1, -0.05) is 28.4 Å². The Kier molecular flexibility index (Phi) is 3.21. The minimum Gasteiger partial charge on any atom is -0.339 e. The van der Waals surface area contributed by atoms with E-state index in [1.54, 1.807) is 12.1 Å². The zero-order valence-corrected chi connectivity index (χ0v) is 12.8. The third-order valence-corrected chi connectivity index (χ3v) is 5.62. The lowest BCUT2D eigenvalue weighted by Crippen LogP contribution is -2.34. The summed E-state index contributed by atoms with van der Waals surface area (Å²) in [4.78, 5) is 4.54. The monoisotopic (exact) mass is 323 g/mol. The molecule has 110 valence electrons. The van der Waals surface area contributed by atoms with E-state index in [4.69, 9.17) is 33.5 Å². The van der Waals surface area contributed by atoms with Crippen molar-refractivity contribution in [2.45, 2.75) is 31.2 Å². The maximum Gasteiger partial charge on any atom is 0.231 e. The second-order valence-electron chi connectivity index (χ2n) is 6.02. The molecule has 4 unspecified atom stereocenters. The largest absolute Gasteiger partial charge is 0.339 e. The van der Waals surface area contributed by atoms with Gasteiger partial charge in [0.05, 0.1) is 16.0 Å². The molecule has 2 aliphatic carbocycles. The third kappa shape index (κ3) is 2.17. The van der Waals surface area contributed by atoms with Crippen molar-refractivity contribution in [2.24, 2.45) is 17.6 Å². The molecule has 2 saturated carbocycles. The highest BCUT2D eigenvalue weighted by Gasteiger charge is 2.48. The fourth-order valence-electron chi connectivity index (χ4n) is 3.83. The third-order valence-electron chi connectivity index (χ3n) is 4.89. The Morgan fingerprint density at radius 2 is 1.95 bits per heavy atom. The van der Waals surface area contributed by atoms with E-state index in [1.165, 1.54) is 19.3 Å². The van der Waals surface area contributed by atoms with Crippen LogP contribution in [0.3, 0.4) is 0 Å². The predicted octanol–water partition coefficient (Wildman–Crippen LogP) is 3.88. The highest BCUT2D eigenvalue weighted by molar-refractivity contribution is 6.42. The summed E-state index contributed by atoms with van der Waals surface area (Å²) in [7, 11) is 0. The molecule has 0 aliphatic heterocycles. The Hall–Kier alpha value is -1.10.